The maximum atomic E-state index is 4.55. The van der Waals surface area contributed by atoms with Crippen molar-refractivity contribution in [2.24, 2.45) is 0 Å². The van der Waals surface area contributed by atoms with E-state index in [1.54, 1.807) is 0 Å². The van der Waals surface area contributed by atoms with Gasteiger partial charge < -0.3 is 4.90 Å². The second-order valence-corrected chi connectivity index (χ2v) is 6.01. The highest BCUT2D eigenvalue weighted by Gasteiger charge is 2.25. The average molecular weight is 259 g/mol. The molecule has 0 amide bonds. The molecule has 0 radical (unpaired) electrons. The van der Waals surface area contributed by atoms with Gasteiger partial charge in [-0.15, -0.1) is 0 Å². The first-order valence-electron chi connectivity index (χ1n) is 7.74. The number of aromatic nitrogens is 1. The predicted molar refractivity (Wildman–Crippen MR) is 79.6 cm³/mol. The Bertz CT molecular complexity index is 387. The topological polar surface area (TPSA) is 19.4 Å². The Labute approximate surface area is 116 Å². The molecule has 1 aliphatic heterocycles. The van der Waals surface area contributed by atoms with Crippen molar-refractivity contribution >= 4 is 5.82 Å². The third-order valence-corrected chi connectivity index (χ3v) is 4.63. The van der Waals surface area contributed by atoms with Crippen molar-refractivity contribution in [2.75, 3.05) is 31.1 Å². The zero-order valence-electron chi connectivity index (χ0n) is 12.0. The Morgan fingerprint density at radius 1 is 1.00 bits per heavy atom. The zero-order chi connectivity index (χ0) is 13.1. The second-order valence-electron chi connectivity index (χ2n) is 6.01. The van der Waals surface area contributed by atoms with Crippen LogP contribution in [0, 0.1) is 6.92 Å². The van der Waals surface area contributed by atoms with Crippen molar-refractivity contribution in [3.63, 3.8) is 0 Å². The lowest BCUT2D eigenvalue weighted by Crippen LogP contribution is -2.51. The minimum absolute atomic E-state index is 0.863. The summed E-state index contributed by atoms with van der Waals surface area (Å²) in [4.78, 5) is 9.69. The van der Waals surface area contributed by atoms with Crippen molar-refractivity contribution in [1.82, 2.24) is 9.88 Å². The molecule has 1 aromatic rings. The fraction of sp³-hybridized carbons (Fsp3) is 0.688. The first kappa shape index (κ1) is 12.9. The average Bonchev–Trinajstić information content (AvgIpc) is 2.49. The van der Waals surface area contributed by atoms with E-state index in [-0.39, 0.29) is 0 Å². The molecule has 3 rings (SSSR count). The fourth-order valence-electron chi connectivity index (χ4n) is 3.41. The molecule has 0 bridgehead atoms. The normalized spacial score (nSPS) is 22.7. The number of nitrogens with zero attached hydrogens (tertiary/aromatic N) is 3. The van der Waals surface area contributed by atoms with Gasteiger partial charge in [-0.05, 0) is 31.4 Å². The van der Waals surface area contributed by atoms with Gasteiger partial charge in [-0.25, -0.2) is 4.98 Å². The molecule has 2 heterocycles. The lowest BCUT2D eigenvalue weighted by Gasteiger charge is -2.41. The molecule has 0 unspecified atom stereocenters. The standard InChI is InChI=1S/C16H25N3/c1-14-7-8-16(17-13-14)19-11-9-18(10-12-19)15-5-3-2-4-6-15/h7-8,13,15H,2-6,9-12H2,1H3. The van der Waals surface area contributed by atoms with E-state index < -0.39 is 0 Å². The highest BCUT2D eigenvalue weighted by atomic mass is 15.3. The van der Waals surface area contributed by atoms with E-state index >= 15 is 0 Å². The smallest absolute Gasteiger partial charge is 0.128 e. The van der Waals surface area contributed by atoms with Crippen LogP contribution in [0.3, 0.4) is 0 Å². The molecular weight excluding hydrogens is 234 g/mol. The first-order valence-corrected chi connectivity index (χ1v) is 7.74. The van der Waals surface area contributed by atoms with E-state index in [4.69, 9.17) is 0 Å². The zero-order valence-corrected chi connectivity index (χ0v) is 12.0. The summed E-state index contributed by atoms with van der Waals surface area (Å²) in [5.41, 5.74) is 1.24. The van der Waals surface area contributed by atoms with Gasteiger partial charge in [0, 0.05) is 38.4 Å². The molecule has 2 fully saturated rings. The van der Waals surface area contributed by atoms with Gasteiger partial charge >= 0.3 is 0 Å². The van der Waals surface area contributed by atoms with E-state index in [9.17, 15) is 0 Å². The van der Waals surface area contributed by atoms with Crippen molar-refractivity contribution < 1.29 is 0 Å². The molecule has 0 spiro atoms. The second kappa shape index (κ2) is 5.91. The summed E-state index contributed by atoms with van der Waals surface area (Å²) in [5.74, 6) is 1.15. The van der Waals surface area contributed by atoms with Gasteiger partial charge in [-0.2, -0.15) is 0 Å². The highest BCUT2D eigenvalue weighted by Crippen LogP contribution is 2.24. The van der Waals surface area contributed by atoms with Crippen LogP contribution in [0.2, 0.25) is 0 Å². The summed E-state index contributed by atoms with van der Waals surface area (Å²) in [6, 6.07) is 5.18. The Hall–Kier alpha value is -1.09. The number of piperazine rings is 1. The number of anilines is 1. The van der Waals surface area contributed by atoms with Crippen LogP contribution in [0.25, 0.3) is 0 Å². The van der Waals surface area contributed by atoms with Crippen molar-refractivity contribution in [2.45, 2.75) is 45.1 Å². The number of hydrogen-bond acceptors (Lipinski definition) is 3. The summed E-state index contributed by atoms with van der Waals surface area (Å²) in [7, 11) is 0. The van der Waals surface area contributed by atoms with Gasteiger partial charge in [-0.3, -0.25) is 4.90 Å². The monoisotopic (exact) mass is 259 g/mol. The Kier molecular flexibility index (Phi) is 4.02. The first-order chi connectivity index (χ1) is 9.33. The molecule has 3 heteroatoms. The minimum atomic E-state index is 0.863. The third kappa shape index (κ3) is 3.08. The quantitative estimate of drug-likeness (QED) is 0.814. The van der Waals surface area contributed by atoms with E-state index in [0.717, 1.165) is 24.9 Å². The molecule has 0 N–H and O–H groups in total. The van der Waals surface area contributed by atoms with Crippen LogP contribution in [0.4, 0.5) is 5.82 Å². The maximum absolute atomic E-state index is 4.55. The van der Waals surface area contributed by atoms with Gasteiger partial charge in [-0.1, -0.05) is 25.3 Å². The van der Waals surface area contributed by atoms with E-state index in [1.165, 1.54) is 50.8 Å². The number of hydrogen-bond donors (Lipinski definition) is 0. The lowest BCUT2D eigenvalue weighted by atomic mass is 9.94. The SMILES string of the molecule is Cc1ccc(N2CCN(C3CCCCC3)CC2)nc1. The summed E-state index contributed by atoms with van der Waals surface area (Å²) in [5, 5.41) is 0. The molecule has 1 aromatic heterocycles. The molecular formula is C16H25N3. The maximum Gasteiger partial charge on any atom is 0.128 e. The Morgan fingerprint density at radius 2 is 1.74 bits per heavy atom. The van der Waals surface area contributed by atoms with Crippen LogP contribution in [0.5, 0.6) is 0 Å². The van der Waals surface area contributed by atoms with E-state index in [1.807, 2.05) is 6.20 Å². The molecule has 19 heavy (non-hydrogen) atoms. The molecule has 104 valence electrons. The van der Waals surface area contributed by atoms with Crippen LogP contribution in [0.1, 0.15) is 37.7 Å². The van der Waals surface area contributed by atoms with Crippen LogP contribution >= 0.6 is 0 Å². The van der Waals surface area contributed by atoms with Gasteiger partial charge in [0.2, 0.25) is 0 Å². The van der Waals surface area contributed by atoms with Crippen molar-refractivity contribution in [3.8, 4) is 0 Å². The summed E-state index contributed by atoms with van der Waals surface area (Å²) in [6.45, 7) is 6.78. The van der Waals surface area contributed by atoms with Gasteiger partial charge in [0.1, 0.15) is 5.82 Å². The van der Waals surface area contributed by atoms with Gasteiger partial charge in [0.05, 0.1) is 0 Å². The fourth-order valence-corrected chi connectivity index (χ4v) is 3.41. The number of aryl methyl sites for hydroxylation is 1. The van der Waals surface area contributed by atoms with Crippen LogP contribution < -0.4 is 4.90 Å². The molecule has 3 nitrogen and oxygen atoms in total. The molecule has 1 aliphatic carbocycles. The van der Waals surface area contributed by atoms with Crippen LogP contribution in [-0.4, -0.2) is 42.1 Å². The van der Waals surface area contributed by atoms with E-state index in [0.29, 0.717) is 0 Å². The third-order valence-electron chi connectivity index (χ3n) is 4.63. The Morgan fingerprint density at radius 3 is 2.37 bits per heavy atom. The molecule has 1 saturated carbocycles. The van der Waals surface area contributed by atoms with Gasteiger partial charge in [0.15, 0.2) is 0 Å². The van der Waals surface area contributed by atoms with Crippen LogP contribution in [-0.2, 0) is 0 Å². The van der Waals surface area contributed by atoms with Crippen LogP contribution in [0.15, 0.2) is 18.3 Å². The summed E-state index contributed by atoms with van der Waals surface area (Å²) < 4.78 is 0. The summed E-state index contributed by atoms with van der Waals surface area (Å²) >= 11 is 0. The van der Waals surface area contributed by atoms with Crippen molar-refractivity contribution in [3.05, 3.63) is 23.9 Å². The number of pyridine rings is 1. The Balaban J connectivity index is 1.55. The minimum Gasteiger partial charge on any atom is -0.354 e. The van der Waals surface area contributed by atoms with E-state index in [2.05, 4.69) is 33.8 Å². The molecule has 0 atom stereocenters. The predicted octanol–water partition coefficient (Wildman–Crippen LogP) is 2.84. The lowest BCUT2D eigenvalue weighted by molar-refractivity contribution is 0.147. The molecule has 2 aliphatic rings. The number of rotatable bonds is 2. The highest BCUT2D eigenvalue weighted by molar-refractivity contribution is 5.39. The largest absolute Gasteiger partial charge is 0.354 e. The van der Waals surface area contributed by atoms with Crippen molar-refractivity contribution in [1.29, 1.82) is 0 Å². The summed E-state index contributed by atoms with van der Waals surface area (Å²) in [6.07, 6.45) is 9.13. The molecule has 1 saturated heterocycles. The molecule has 0 aromatic carbocycles. The van der Waals surface area contributed by atoms with Gasteiger partial charge in [0.25, 0.3) is 0 Å².